The molecule has 0 spiro atoms. The number of fused-ring (bicyclic) bond motifs is 1. The fourth-order valence-electron chi connectivity index (χ4n) is 3.57. The van der Waals surface area contributed by atoms with Crippen LogP contribution in [0, 0.1) is 18.8 Å². The molecule has 10 heteroatoms. The Balaban J connectivity index is 1.51. The molecule has 0 radical (unpaired) electrons. The Hall–Kier alpha value is -4.29. The highest BCUT2D eigenvalue weighted by Crippen LogP contribution is 2.28. The molecule has 4 rings (SSSR count). The predicted molar refractivity (Wildman–Crippen MR) is 137 cm³/mol. The monoisotopic (exact) mass is 506 g/mol. The van der Waals surface area contributed by atoms with Crippen LogP contribution in [-0.2, 0) is 29.6 Å². The lowest BCUT2D eigenvalue weighted by molar-refractivity contribution is -0.118. The average molecular weight is 507 g/mol. The molecule has 2 heterocycles. The third-order valence-corrected chi connectivity index (χ3v) is 5.98. The van der Waals surface area contributed by atoms with Crippen LogP contribution in [-0.4, -0.2) is 27.6 Å². The van der Waals surface area contributed by atoms with Crippen molar-refractivity contribution in [3.8, 4) is 17.6 Å². The van der Waals surface area contributed by atoms with E-state index in [-0.39, 0.29) is 36.3 Å². The highest BCUT2D eigenvalue weighted by atomic mass is 35.5. The number of nitrogens with zero attached hydrogens (tertiary/aromatic N) is 2. The van der Waals surface area contributed by atoms with Gasteiger partial charge < -0.3 is 15.4 Å². The molecular formula is C26H23ClN4O5. The number of amides is 2. The topological polar surface area (TPSA) is 111 Å². The average Bonchev–Trinajstić information content (AvgIpc) is 2.87. The molecule has 1 aliphatic rings. The molecule has 0 fully saturated rings. The molecule has 0 bridgehead atoms. The van der Waals surface area contributed by atoms with Crippen molar-refractivity contribution in [1.29, 1.82) is 0 Å². The second kappa shape index (κ2) is 10.5. The highest BCUT2D eigenvalue weighted by Gasteiger charge is 2.18. The molecule has 0 unspecified atom stereocenters. The van der Waals surface area contributed by atoms with Crippen LogP contribution in [0.3, 0.4) is 0 Å². The van der Waals surface area contributed by atoms with Crippen molar-refractivity contribution < 1.29 is 14.3 Å². The quantitative estimate of drug-likeness (QED) is 0.408. The molecule has 1 aliphatic heterocycles. The van der Waals surface area contributed by atoms with Gasteiger partial charge in [-0.1, -0.05) is 53.3 Å². The summed E-state index contributed by atoms with van der Waals surface area (Å²) in [4.78, 5) is 49.2. The Labute approximate surface area is 211 Å². The first-order valence-electron chi connectivity index (χ1n) is 11.1. The van der Waals surface area contributed by atoms with E-state index in [4.69, 9.17) is 16.3 Å². The number of hydrogen-bond donors (Lipinski definition) is 2. The molecule has 9 nitrogen and oxygen atoms in total. The van der Waals surface area contributed by atoms with Crippen LogP contribution in [0.4, 0.5) is 11.4 Å². The summed E-state index contributed by atoms with van der Waals surface area (Å²) in [6.45, 7) is 1.79. The van der Waals surface area contributed by atoms with Crippen LogP contribution < -0.4 is 26.6 Å². The standard InChI is InChI=1S/C26H23ClN4O5/c1-16-5-7-17(8-6-16)10-12-21(32)29-23-24(27)31(26(35)30(2)25(23)34)13-3-4-18-9-11-19-20(14-18)36-15-22(33)28-19/h5-9,11,14H,10,12-13,15H2,1-2H3,(H,28,33)(H,29,32). The predicted octanol–water partition coefficient (Wildman–Crippen LogP) is 2.46. The summed E-state index contributed by atoms with van der Waals surface area (Å²) in [5.41, 5.74) is 1.73. The van der Waals surface area contributed by atoms with E-state index in [0.717, 1.165) is 20.3 Å². The summed E-state index contributed by atoms with van der Waals surface area (Å²) >= 11 is 6.37. The Bertz CT molecular complexity index is 1530. The Morgan fingerprint density at radius 3 is 2.67 bits per heavy atom. The fourth-order valence-corrected chi connectivity index (χ4v) is 3.83. The lowest BCUT2D eigenvalue weighted by atomic mass is 10.1. The van der Waals surface area contributed by atoms with Crippen molar-refractivity contribution in [3.63, 3.8) is 0 Å². The lowest BCUT2D eigenvalue weighted by Crippen LogP contribution is -2.40. The van der Waals surface area contributed by atoms with Crippen LogP contribution >= 0.6 is 11.6 Å². The van der Waals surface area contributed by atoms with Gasteiger partial charge in [0, 0.05) is 19.0 Å². The smallest absolute Gasteiger partial charge is 0.332 e. The van der Waals surface area contributed by atoms with E-state index in [1.54, 1.807) is 18.2 Å². The number of aryl methyl sites for hydroxylation is 2. The zero-order valence-electron chi connectivity index (χ0n) is 19.7. The normalized spacial score (nSPS) is 12.0. The van der Waals surface area contributed by atoms with E-state index < -0.39 is 17.2 Å². The van der Waals surface area contributed by atoms with Gasteiger partial charge in [0.2, 0.25) is 5.91 Å². The molecule has 36 heavy (non-hydrogen) atoms. The molecule has 184 valence electrons. The number of anilines is 2. The Morgan fingerprint density at radius 1 is 1.17 bits per heavy atom. The summed E-state index contributed by atoms with van der Waals surface area (Å²) in [6.07, 6.45) is 0.631. The van der Waals surface area contributed by atoms with Crippen LogP contribution in [0.25, 0.3) is 0 Å². The minimum Gasteiger partial charge on any atom is -0.482 e. The number of rotatable bonds is 5. The van der Waals surface area contributed by atoms with E-state index in [1.165, 1.54) is 7.05 Å². The van der Waals surface area contributed by atoms with E-state index >= 15 is 0 Å². The zero-order chi connectivity index (χ0) is 25.8. The van der Waals surface area contributed by atoms with Gasteiger partial charge in [0.15, 0.2) is 6.61 Å². The molecular weight excluding hydrogens is 484 g/mol. The molecule has 1 aromatic heterocycles. The van der Waals surface area contributed by atoms with E-state index in [9.17, 15) is 19.2 Å². The molecule has 0 saturated heterocycles. The number of aromatic nitrogens is 2. The number of benzene rings is 2. The minimum absolute atomic E-state index is 0.0769. The van der Waals surface area contributed by atoms with E-state index in [2.05, 4.69) is 22.5 Å². The van der Waals surface area contributed by atoms with E-state index in [0.29, 0.717) is 23.4 Å². The number of carbonyl (C=O) groups is 2. The Kier molecular flexibility index (Phi) is 7.27. The first-order valence-corrected chi connectivity index (χ1v) is 11.5. The molecule has 2 N–H and O–H groups in total. The molecule has 0 saturated carbocycles. The van der Waals surface area contributed by atoms with Gasteiger partial charge >= 0.3 is 5.69 Å². The maximum Gasteiger partial charge on any atom is 0.332 e. The van der Waals surface area contributed by atoms with Gasteiger partial charge in [-0.15, -0.1) is 0 Å². The Morgan fingerprint density at radius 2 is 1.92 bits per heavy atom. The number of halogens is 1. The summed E-state index contributed by atoms with van der Waals surface area (Å²) in [5, 5.41) is 5.05. The fraction of sp³-hybridized carbons (Fsp3) is 0.231. The van der Waals surface area contributed by atoms with Crippen molar-refractivity contribution >= 4 is 34.8 Å². The third-order valence-electron chi connectivity index (χ3n) is 5.59. The molecule has 3 aromatic rings. The molecule has 0 aliphatic carbocycles. The number of carbonyl (C=O) groups excluding carboxylic acids is 2. The van der Waals surface area contributed by atoms with Gasteiger partial charge in [0.1, 0.15) is 16.6 Å². The maximum atomic E-state index is 12.7. The molecule has 0 atom stereocenters. The summed E-state index contributed by atoms with van der Waals surface area (Å²) < 4.78 is 7.36. The van der Waals surface area contributed by atoms with Crippen molar-refractivity contribution in [2.24, 2.45) is 7.05 Å². The highest BCUT2D eigenvalue weighted by molar-refractivity contribution is 6.32. The first-order chi connectivity index (χ1) is 17.2. The van der Waals surface area contributed by atoms with Gasteiger partial charge in [-0.3, -0.25) is 23.5 Å². The van der Waals surface area contributed by atoms with E-state index in [1.807, 2.05) is 31.2 Å². The van der Waals surface area contributed by atoms with Crippen LogP contribution in [0.2, 0.25) is 5.15 Å². The van der Waals surface area contributed by atoms with Gasteiger partial charge in [0.05, 0.1) is 12.2 Å². The van der Waals surface area contributed by atoms with Crippen molar-refractivity contribution in [3.05, 3.63) is 85.1 Å². The van der Waals surface area contributed by atoms with Gasteiger partial charge in [-0.05, 0) is 37.1 Å². The lowest BCUT2D eigenvalue weighted by Gasteiger charge is -2.17. The first kappa shape index (κ1) is 24.8. The van der Waals surface area contributed by atoms with Gasteiger partial charge in [-0.2, -0.15) is 0 Å². The summed E-state index contributed by atoms with van der Waals surface area (Å²) in [5.74, 6) is 5.63. The van der Waals surface area contributed by atoms with Gasteiger partial charge in [0.25, 0.3) is 11.5 Å². The second-order valence-corrected chi connectivity index (χ2v) is 8.64. The van der Waals surface area contributed by atoms with Crippen molar-refractivity contribution in [2.75, 3.05) is 17.2 Å². The second-order valence-electron chi connectivity index (χ2n) is 8.28. The minimum atomic E-state index is -0.702. The SMILES string of the molecule is Cc1ccc(CCC(=O)Nc2c(Cl)n(CC#Cc3ccc4c(c3)OCC(=O)N4)c(=O)n(C)c2=O)cc1. The van der Waals surface area contributed by atoms with Crippen LogP contribution in [0.15, 0.2) is 52.1 Å². The number of ether oxygens (including phenoxy) is 1. The van der Waals surface area contributed by atoms with Crippen LogP contribution in [0.5, 0.6) is 5.75 Å². The van der Waals surface area contributed by atoms with Crippen LogP contribution in [0.1, 0.15) is 23.1 Å². The molecule has 2 amide bonds. The largest absolute Gasteiger partial charge is 0.482 e. The van der Waals surface area contributed by atoms with Crippen molar-refractivity contribution in [1.82, 2.24) is 9.13 Å². The number of nitrogens with one attached hydrogen (secondary N) is 2. The van der Waals surface area contributed by atoms with Crippen molar-refractivity contribution in [2.45, 2.75) is 26.3 Å². The zero-order valence-corrected chi connectivity index (χ0v) is 20.4. The summed E-state index contributed by atoms with van der Waals surface area (Å²) in [6, 6.07) is 12.9. The van der Waals surface area contributed by atoms with Gasteiger partial charge in [-0.25, -0.2) is 4.79 Å². The molecule has 2 aromatic carbocycles. The third kappa shape index (κ3) is 5.50. The number of hydrogen-bond acceptors (Lipinski definition) is 5. The summed E-state index contributed by atoms with van der Waals surface area (Å²) in [7, 11) is 1.31. The maximum absolute atomic E-state index is 12.7.